The Morgan fingerprint density at radius 3 is 2.65 bits per heavy atom. The van der Waals surface area contributed by atoms with Crippen molar-refractivity contribution in [3.05, 3.63) is 48.0 Å². The minimum Gasteiger partial charge on any atom is -0.497 e. The molecule has 176 valence electrons. The Bertz CT molecular complexity index is 1370. The van der Waals surface area contributed by atoms with Crippen LogP contribution >= 0.6 is 0 Å². The largest absolute Gasteiger partial charge is 0.497 e. The van der Waals surface area contributed by atoms with Gasteiger partial charge in [-0.2, -0.15) is 17.7 Å². The average molecular weight is 471 g/mol. The summed E-state index contributed by atoms with van der Waals surface area (Å²) in [6, 6.07) is 9.66. The second-order valence-corrected chi connectivity index (χ2v) is 7.76. The van der Waals surface area contributed by atoms with Crippen LogP contribution in [0.4, 0.5) is 19.1 Å². The van der Waals surface area contributed by atoms with Gasteiger partial charge in [-0.05, 0) is 42.5 Å². The summed E-state index contributed by atoms with van der Waals surface area (Å²) in [5.74, 6) is 0.870. The van der Waals surface area contributed by atoms with E-state index in [0.717, 1.165) is 12.1 Å². The maximum atomic E-state index is 13.3. The molecule has 2 aromatic carbocycles. The Labute approximate surface area is 191 Å². The second-order valence-electron chi connectivity index (χ2n) is 7.76. The number of halogens is 3. The molecule has 0 saturated carbocycles. The van der Waals surface area contributed by atoms with Crippen LogP contribution in [0.3, 0.4) is 0 Å². The molecule has 0 spiro atoms. The van der Waals surface area contributed by atoms with Gasteiger partial charge < -0.3 is 20.7 Å². The van der Waals surface area contributed by atoms with Gasteiger partial charge in [0.2, 0.25) is 11.9 Å². The second kappa shape index (κ2) is 8.45. The topological polar surface area (TPSA) is 105 Å². The van der Waals surface area contributed by atoms with Gasteiger partial charge in [-0.25, -0.2) is 9.97 Å². The normalized spacial score (nSPS) is 16.9. The molecule has 1 aliphatic rings. The molecule has 0 radical (unpaired) electrons. The van der Waals surface area contributed by atoms with Crippen LogP contribution in [-0.4, -0.2) is 58.3 Å². The van der Waals surface area contributed by atoms with E-state index < -0.39 is 17.8 Å². The zero-order chi connectivity index (χ0) is 23.9. The zero-order valence-corrected chi connectivity index (χ0v) is 18.0. The van der Waals surface area contributed by atoms with Crippen LogP contribution in [0, 0.1) is 0 Å². The zero-order valence-electron chi connectivity index (χ0n) is 18.0. The summed E-state index contributed by atoms with van der Waals surface area (Å²) in [4.78, 5) is 21.4. The number of alkyl halides is 3. The molecule has 0 bridgehead atoms. The van der Waals surface area contributed by atoms with E-state index in [9.17, 15) is 18.0 Å². The lowest BCUT2D eigenvalue weighted by Gasteiger charge is -2.17. The van der Waals surface area contributed by atoms with Crippen molar-refractivity contribution in [1.82, 2.24) is 30.2 Å². The monoisotopic (exact) mass is 471 g/mol. The molecule has 0 unspecified atom stereocenters. The van der Waals surface area contributed by atoms with Gasteiger partial charge in [0.15, 0.2) is 11.5 Å². The molecule has 2 aromatic heterocycles. The Kier molecular flexibility index (Phi) is 5.44. The highest BCUT2D eigenvalue weighted by molar-refractivity contribution is 5.94. The van der Waals surface area contributed by atoms with Crippen LogP contribution in [-0.2, 0) is 11.0 Å². The molecule has 3 N–H and O–H groups in total. The summed E-state index contributed by atoms with van der Waals surface area (Å²) in [7, 11) is 1.56. The number of hydrogen-bond donors (Lipinski definition) is 3. The van der Waals surface area contributed by atoms with Gasteiger partial charge in [0.05, 0.1) is 18.2 Å². The number of hydrogen-bond acceptors (Lipinski definition) is 7. The standard InChI is InChI=1S/C22H20F3N7O2/c1-34-14-5-2-12(3-6-14)18-30-19-15-7-4-13(22(23,24)25)10-16(15)28-21(32(19)31-18)29-17-11-26-8-9-27-20(17)33/h2-7,10,17,26H,8-9,11H2,1H3,(H,27,33)(H,28,29)/t17-/m1/s1. The molecule has 1 saturated heterocycles. The Morgan fingerprint density at radius 2 is 1.91 bits per heavy atom. The van der Waals surface area contributed by atoms with Crippen LogP contribution in [0.5, 0.6) is 5.75 Å². The van der Waals surface area contributed by atoms with Crippen LogP contribution in [0.1, 0.15) is 5.56 Å². The number of benzene rings is 2. The number of carbonyl (C=O) groups excluding carboxylic acids is 1. The van der Waals surface area contributed by atoms with Crippen molar-refractivity contribution in [2.75, 3.05) is 32.1 Å². The van der Waals surface area contributed by atoms with Crippen molar-refractivity contribution in [2.24, 2.45) is 0 Å². The first kappa shape index (κ1) is 21.9. The van der Waals surface area contributed by atoms with E-state index in [4.69, 9.17) is 4.74 Å². The lowest BCUT2D eigenvalue weighted by molar-refractivity contribution is -0.137. The molecule has 1 fully saturated rings. The number of carbonyl (C=O) groups is 1. The van der Waals surface area contributed by atoms with Crippen molar-refractivity contribution in [3.8, 4) is 17.1 Å². The third-order valence-corrected chi connectivity index (χ3v) is 5.52. The molecule has 0 aliphatic carbocycles. The van der Waals surface area contributed by atoms with Crippen LogP contribution in [0.15, 0.2) is 42.5 Å². The molecule has 1 atom stereocenters. The fourth-order valence-corrected chi connectivity index (χ4v) is 3.75. The summed E-state index contributed by atoms with van der Waals surface area (Å²) in [6.07, 6.45) is -4.53. The maximum Gasteiger partial charge on any atom is 0.416 e. The van der Waals surface area contributed by atoms with Crippen LogP contribution < -0.4 is 20.7 Å². The molecule has 4 aromatic rings. The van der Waals surface area contributed by atoms with E-state index in [1.807, 2.05) is 0 Å². The fraction of sp³-hybridized carbons (Fsp3) is 0.273. The smallest absolute Gasteiger partial charge is 0.416 e. The van der Waals surface area contributed by atoms with Gasteiger partial charge in [0.1, 0.15) is 11.8 Å². The van der Waals surface area contributed by atoms with Crippen molar-refractivity contribution >= 4 is 28.4 Å². The third-order valence-electron chi connectivity index (χ3n) is 5.52. The number of rotatable bonds is 4. The first-order chi connectivity index (χ1) is 16.3. The molecular formula is C22H20F3N7O2. The van der Waals surface area contributed by atoms with Gasteiger partial charge in [0.25, 0.3) is 0 Å². The highest BCUT2D eigenvalue weighted by atomic mass is 19.4. The predicted octanol–water partition coefficient (Wildman–Crippen LogP) is 2.47. The van der Waals surface area contributed by atoms with E-state index in [1.54, 1.807) is 31.4 Å². The van der Waals surface area contributed by atoms with E-state index in [0.29, 0.717) is 47.8 Å². The Morgan fingerprint density at radius 1 is 1.12 bits per heavy atom. The third kappa shape index (κ3) is 4.07. The summed E-state index contributed by atoms with van der Waals surface area (Å²) in [5.41, 5.74) is 0.255. The lowest BCUT2D eigenvalue weighted by atomic mass is 10.1. The molecule has 12 heteroatoms. The molecule has 1 amide bonds. The van der Waals surface area contributed by atoms with E-state index >= 15 is 0 Å². The minimum absolute atomic E-state index is 0.0838. The summed E-state index contributed by atoms with van der Waals surface area (Å²) < 4.78 is 46.6. The molecule has 5 rings (SSSR count). The highest BCUT2D eigenvalue weighted by Gasteiger charge is 2.31. The maximum absolute atomic E-state index is 13.3. The summed E-state index contributed by atoms with van der Waals surface area (Å²) in [5, 5.41) is 13.9. The number of nitrogens with zero attached hydrogens (tertiary/aromatic N) is 4. The van der Waals surface area contributed by atoms with Gasteiger partial charge >= 0.3 is 6.18 Å². The van der Waals surface area contributed by atoms with Crippen molar-refractivity contribution in [3.63, 3.8) is 0 Å². The minimum atomic E-state index is -4.53. The summed E-state index contributed by atoms with van der Waals surface area (Å²) >= 11 is 0. The fourth-order valence-electron chi connectivity index (χ4n) is 3.75. The molecular weight excluding hydrogens is 451 g/mol. The number of anilines is 1. The highest BCUT2D eigenvalue weighted by Crippen LogP contribution is 2.33. The quantitative estimate of drug-likeness (QED) is 0.420. The SMILES string of the molecule is COc1ccc(-c2nc3c4ccc(C(F)(F)F)cc4nc(N[C@@H]4CNCCNC4=O)n3n2)cc1. The Hall–Kier alpha value is -3.93. The Balaban J connectivity index is 1.67. The average Bonchev–Trinajstić information content (AvgIpc) is 3.18. The first-order valence-electron chi connectivity index (χ1n) is 10.5. The van der Waals surface area contributed by atoms with Gasteiger partial charge in [-0.15, -0.1) is 5.10 Å². The van der Waals surface area contributed by atoms with Gasteiger partial charge in [-0.1, -0.05) is 0 Å². The van der Waals surface area contributed by atoms with E-state index in [2.05, 4.69) is 31.0 Å². The van der Waals surface area contributed by atoms with E-state index in [-0.39, 0.29) is 17.4 Å². The van der Waals surface area contributed by atoms with Crippen LogP contribution in [0.25, 0.3) is 27.9 Å². The number of amides is 1. The number of nitrogens with one attached hydrogen (secondary N) is 3. The first-order valence-corrected chi connectivity index (χ1v) is 10.5. The molecule has 1 aliphatic heterocycles. The number of aromatic nitrogens is 4. The lowest BCUT2D eigenvalue weighted by Crippen LogP contribution is -2.42. The van der Waals surface area contributed by atoms with Crippen molar-refractivity contribution < 1.29 is 22.7 Å². The summed E-state index contributed by atoms with van der Waals surface area (Å²) in [6.45, 7) is 1.39. The molecule has 34 heavy (non-hydrogen) atoms. The van der Waals surface area contributed by atoms with Crippen molar-refractivity contribution in [1.29, 1.82) is 0 Å². The molecule has 3 heterocycles. The van der Waals surface area contributed by atoms with Crippen LogP contribution in [0.2, 0.25) is 0 Å². The molecule has 9 nitrogen and oxygen atoms in total. The number of fused-ring (bicyclic) bond motifs is 3. The number of methoxy groups -OCH3 is 1. The van der Waals surface area contributed by atoms with Crippen molar-refractivity contribution in [2.45, 2.75) is 12.2 Å². The van der Waals surface area contributed by atoms with Gasteiger partial charge in [0, 0.05) is 30.6 Å². The number of ether oxygens (including phenoxy) is 1. The van der Waals surface area contributed by atoms with E-state index in [1.165, 1.54) is 10.6 Å². The van der Waals surface area contributed by atoms with Gasteiger partial charge in [-0.3, -0.25) is 4.79 Å². The predicted molar refractivity (Wildman–Crippen MR) is 119 cm³/mol.